The van der Waals surface area contributed by atoms with E-state index in [1.165, 1.54) is 0 Å². The predicted molar refractivity (Wildman–Crippen MR) is 35.4 cm³/mol. The number of amides is 1. The number of carbonyl (C=O) groups excluding carboxylic acids is 2. The minimum absolute atomic E-state index is 0.301. The van der Waals surface area contributed by atoms with Gasteiger partial charge in [0.1, 0.15) is 0 Å². The highest BCUT2D eigenvalue weighted by atomic mass is 16.7. The molecule has 0 fully saturated rings. The highest BCUT2D eigenvalue weighted by Gasteiger charge is 2.01. The van der Waals surface area contributed by atoms with Crippen molar-refractivity contribution in [2.75, 3.05) is 6.79 Å². The molecule has 1 N–H and O–H groups in total. The van der Waals surface area contributed by atoms with E-state index in [1.54, 1.807) is 0 Å². The van der Waals surface area contributed by atoms with Crippen LogP contribution in [0.25, 0.3) is 0 Å². The zero-order valence-electron chi connectivity index (χ0n) is 6.25. The summed E-state index contributed by atoms with van der Waals surface area (Å²) in [6, 6.07) is 0. The third kappa shape index (κ3) is 6.63. The van der Waals surface area contributed by atoms with Crippen LogP contribution in [0.15, 0.2) is 0 Å². The van der Waals surface area contributed by atoms with Crippen molar-refractivity contribution in [3.63, 3.8) is 0 Å². The Hall–Kier alpha value is -1.26. The average molecular weight is 160 g/mol. The largest absolute Gasteiger partial charge is 0.429 e. The van der Waals surface area contributed by atoms with Gasteiger partial charge in [0, 0.05) is 6.42 Å². The summed E-state index contributed by atoms with van der Waals surface area (Å²) in [5, 5.41) is 0. The van der Waals surface area contributed by atoms with Gasteiger partial charge < -0.3 is 9.47 Å². The van der Waals surface area contributed by atoms with E-state index >= 15 is 0 Å². The Morgan fingerprint density at radius 1 is 1.36 bits per heavy atom. The fourth-order valence-corrected chi connectivity index (χ4v) is 0.425. The van der Waals surface area contributed by atoms with Crippen LogP contribution in [-0.4, -0.2) is 18.9 Å². The van der Waals surface area contributed by atoms with Gasteiger partial charge in [-0.1, -0.05) is 6.92 Å². The first-order valence-corrected chi connectivity index (χ1v) is 3.20. The van der Waals surface area contributed by atoms with E-state index in [-0.39, 0.29) is 0 Å². The van der Waals surface area contributed by atoms with E-state index in [2.05, 4.69) is 9.47 Å². The first-order chi connectivity index (χ1) is 5.16. The molecular formula is C6H10NO4. The molecule has 5 heteroatoms. The summed E-state index contributed by atoms with van der Waals surface area (Å²) < 4.78 is 8.43. The lowest BCUT2D eigenvalue weighted by molar-refractivity contribution is -0.151. The average Bonchev–Trinajstić information content (AvgIpc) is 1.87. The fourth-order valence-electron chi connectivity index (χ4n) is 0.425. The molecule has 0 atom stereocenters. The minimum atomic E-state index is -1.20. The summed E-state index contributed by atoms with van der Waals surface area (Å²) in [4.78, 5) is 20.4. The van der Waals surface area contributed by atoms with Crippen molar-refractivity contribution < 1.29 is 19.1 Å². The van der Waals surface area contributed by atoms with Gasteiger partial charge in [0.25, 0.3) is 0 Å². The molecule has 11 heavy (non-hydrogen) atoms. The minimum Gasteiger partial charge on any atom is -0.428 e. The number of hydrogen-bond donors (Lipinski definition) is 0. The van der Waals surface area contributed by atoms with E-state index in [0.717, 1.165) is 0 Å². The number of carbonyl (C=O) groups is 2. The Morgan fingerprint density at radius 3 is 2.45 bits per heavy atom. The molecule has 0 saturated heterocycles. The highest BCUT2D eigenvalue weighted by Crippen LogP contribution is 1.90. The molecular weight excluding hydrogens is 150 g/mol. The summed E-state index contributed by atoms with van der Waals surface area (Å²) in [5.74, 6) is -0.422. The van der Waals surface area contributed by atoms with Gasteiger partial charge >= 0.3 is 12.1 Å². The number of nitrogens with one attached hydrogen (secondary N) is 1. The fraction of sp³-hybridized carbons (Fsp3) is 0.667. The molecule has 5 nitrogen and oxygen atoms in total. The van der Waals surface area contributed by atoms with Gasteiger partial charge in [0.05, 0.1) is 0 Å². The number of ether oxygens (including phenoxy) is 2. The van der Waals surface area contributed by atoms with Gasteiger partial charge in [-0.25, -0.2) is 10.5 Å². The first-order valence-electron chi connectivity index (χ1n) is 3.20. The van der Waals surface area contributed by atoms with Crippen LogP contribution in [0, 0.1) is 0 Å². The number of rotatable bonds is 4. The Balaban J connectivity index is 3.24. The molecule has 0 rings (SSSR count). The van der Waals surface area contributed by atoms with Crippen LogP contribution < -0.4 is 5.73 Å². The Bertz CT molecular complexity index is 146. The molecule has 0 aromatic carbocycles. The maximum atomic E-state index is 10.5. The quantitative estimate of drug-likeness (QED) is 0.448. The van der Waals surface area contributed by atoms with Crippen LogP contribution in [0.3, 0.4) is 0 Å². The van der Waals surface area contributed by atoms with Crippen LogP contribution in [0.1, 0.15) is 19.8 Å². The molecule has 0 unspecified atom stereocenters. The van der Waals surface area contributed by atoms with Gasteiger partial charge in [-0.3, -0.25) is 4.79 Å². The molecule has 0 aliphatic rings. The van der Waals surface area contributed by atoms with Crippen molar-refractivity contribution in [1.29, 1.82) is 0 Å². The zero-order chi connectivity index (χ0) is 8.69. The second-order valence-electron chi connectivity index (χ2n) is 1.82. The van der Waals surface area contributed by atoms with Gasteiger partial charge in [0.2, 0.25) is 6.79 Å². The molecule has 0 spiro atoms. The third-order valence-electron chi connectivity index (χ3n) is 0.864. The molecule has 0 aromatic rings. The van der Waals surface area contributed by atoms with Crippen molar-refractivity contribution in [2.45, 2.75) is 19.8 Å². The predicted octanol–water partition coefficient (Wildman–Crippen LogP) is 0.707. The first kappa shape index (κ1) is 9.74. The Kier molecular flexibility index (Phi) is 4.89. The summed E-state index contributed by atoms with van der Waals surface area (Å²) in [7, 11) is 0. The maximum absolute atomic E-state index is 10.5. The van der Waals surface area contributed by atoms with E-state index in [1.807, 2.05) is 6.92 Å². The summed E-state index contributed by atoms with van der Waals surface area (Å²) >= 11 is 0. The second kappa shape index (κ2) is 5.52. The smallest absolute Gasteiger partial charge is 0.428 e. The van der Waals surface area contributed by atoms with Crippen molar-refractivity contribution in [3.8, 4) is 0 Å². The van der Waals surface area contributed by atoms with Crippen molar-refractivity contribution in [2.24, 2.45) is 0 Å². The van der Waals surface area contributed by atoms with E-state index < -0.39 is 18.9 Å². The normalized spacial score (nSPS) is 8.82. The molecule has 1 radical (unpaired) electrons. The molecule has 0 heterocycles. The maximum Gasteiger partial charge on any atom is 0.429 e. The van der Waals surface area contributed by atoms with E-state index in [4.69, 9.17) is 5.73 Å². The molecule has 1 amide bonds. The van der Waals surface area contributed by atoms with Gasteiger partial charge in [-0.05, 0) is 6.42 Å². The molecule has 0 aromatic heterocycles. The van der Waals surface area contributed by atoms with Crippen molar-refractivity contribution in [3.05, 3.63) is 0 Å². The number of hydrogen-bond acceptors (Lipinski definition) is 4. The Labute approximate surface area is 64.5 Å². The lowest BCUT2D eigenvalue weighted by Crippen LogP contribution is -2.11. The van der Waals surface area contributed by atoms with Crippen LogP contribution in [0.4, 0.5) is 4.79 Å². The standard InChI is InChI=1S/C6H10NO4/c1-2-3-5(8)10-4-11-6(7)9/h7H,2-4H2,1H3. The molecule has 63 valence electrons. The summed E-state index contributed by atoms with van der Waals surface area (Å²) in [6.07, 6.45) is -0.210. The summed E-state index contributed by atoms with van der Waals surface area (Å²) in [5.41, 5.74) is 6.27. The molecule has 0 aliphatic carbocycles. The van der Waals surface area contributed by atoms with Crippen LogP contribution in [0.2, 0.25) is 0 Å². The monoisotopic (exact) mass is 160 g/mol. The van der Waals surface area contributed by atoms with Gasteiger partial charge in [0.15, 0.2) is 0 Å². The number of esters is 1. The Morgan fingerprint density at radius 2 is 2.00 bits per heavy atom. The summed E-state index contributed by atoms with van der Waals surface area (Å²) in [6.45, 7) is 1.37. The SMILES string of the molecule is CCCC(=O)OCOC([NH])=O. The van der Waals surface area contributed by atoms with Gasteiger partial charge in [-0.2, -0.15) is 0 Å². The molecule has 0 aliphatic heterocycles. The molecule has 0 saturated carbocycles. The van der Waals surface area contributed by atoms with Gasteiger partial charge in [-0.15, -0.1) is 0 Å². The van der Waals surface area contributed by atoms with Crippen LogP contribution in [-0.2, 0) is 14.3 Å². The lowest BCUT2D eigenvalue weighted by Gasteiger charge is -2.01. The zero-order valence-corrected chi connectivity index (χ0v) is 6.25. The second-order valence-corrected chi connectivity index (χ2v) is 1.82. The highest BCUT2D eigenvalue weighted by molar-refractivity contribution is 5.69. The van der Waals surface area contributed by atoms with Crippen molar-refractivity contribution >= 4 is 12.1 Å². The molecule has 0 bridgehead atoms. The van der Waals surface area contributed by atoms with Crippen LogP contribution >= 0.6 is 0 Å². The third-order valence-corrected chi connectivity index (χ3v) is 0.864. The van der Waals surface area contributed by atoms with E-state index in [9.17, 15) is 9.59 Å². The van der Waals surface area contributed by atoms with E-state index in [0.29, 0.717) is 12.8 Å². The van der Waals surface area contributed by atoms with Crippen LogP contribution in [0.5, 0.6) is 0 Å². The lowest BCUT2D eigenvalue weighted by atomic mass is 10.3. The van der Waals surface area contributed by atoms with Crippen molar-refractivity contribution in [1.82, 2.24) is 5.73 Å². The topological polar surface area (TPSA) is 76.4 Å².